The Morgan fingerprint density at radius 1 is 0.277 bits per heavy atom. The van der Waals surface area contributed by atoms with Crippen molar-refractivity contribution in [2.24, 2.45) is 0 Å². The van der Waals surface area contributed by atoms with Gasteiger partial charge in [0.2, 0.25) is 0 Å². The molecule has 0 aliphatic carbocycles. The predicted molar refractivity (Wildman–Crippen MR) is 199 cm³/mol. The van der Waals surface area contributed by atoms with Gasteiger partial charge in [-0.2, -0.15) is 0 Å². The highest BCUT2D eigenvalue weighted by Crippen LogP contribution is 2.46. The molecule has 0 spiro atoms. The Balaban J connectivity index is 1.23. The van der Waals surface area contributed by atoms with Gasteiger partial charge in [0.25, 0.3) is 0 Å². The van der Waals surface area contributed by atoms with Gasteiger partial charge in [-0.1, -0.05) is 164 Å². The molecular formula is C46H28O. The van der Waals surface area contributed by atoms with E-state index in [4.69, 9.17) is 4.42 Å². The lowest BCUT2D eigenvalue weighted by Gasteiger charge is -2.17. The summed E-state index contributed by atoms with van der Waals surface area (Å²) in [7, 11) is 0. The molecule has 0 aliphatic heterocycles. The van der Waals surface area contributed by atoms with E-state index in [0.717, 1.165) is 27.5 Å². The summed E-state index contributed by atoms with van der Waals surface area (Å²) in [6, 6.07) is 61.3. The second-order valence-electron chi connectivity index (χ2n) is 12.4. The average Bonchev–Trinajstić information content (AvgIpc) is 3.54. The Labute approximate surface area is 272 Å². The fourth-order valence-electron chi connectivity index (χ4n) is 7.78. The zero-order valence-electron chi connectivity index (χ0n) is 25.6. The molecule has 0 saturated heterocycles. The first kappa shape index (κ1) is 26.1. The molecule has 0 N–H and O–H groups in total. The van der Waals surface area contributed by atoms with Crippen molar-refractivity contribution in [3.63, 3.8) is 0 Å². The van der Waals surface area contributed by atoms with Crippen LogP contribution in [0, 0.1) is 0 Å². The Hall–Kier alpha value is -6.18. The summed E-state index contributed by atoms with van der Waals surface area (Å²) < 4.78 is 6.78. The number of hydrogen-bond donors (Lipinski definition) is 0. The molecule has 1 nitrogen and oxygen atoms in total. The van der Waals surface area contributed by atoms with Crippen molar-refractivity contribution in [3.05, 3.63) is 170 Å². The van der Waals surface area contributed by atoms with Crippen LogP contribution in [0.2, 0.25) is 0 Å². The lowest BCUT2D eigenvalue weighted by Crippen LogP contribution is -1.89. The molecule has 1 heterocycles. The van der Waals surface area contributed by atoms with Crippen LogP contribution in [0.4, 0.5) is 0 Å². The molecule has 47 heavy (non-hydrogen) atoms. The van der Waals surface area contributed by atoms with Crippen LogP contribution in [0.3, 0.4) is 0 Å². The molecule has 0 bridgehead atoms. The van der Waals surface area contributed by atoms with Crippen LogP contribution in [-0.4, -0.2) is 0 Å². The van der Waals surface area contributed by atoms with Gasteiger partial charge < -0.3 is 4.42 Å². The molecular weight excluding hydrogens is 569 g/mol. The van der Waals surface area contributed by atoms with Gasteiger partial charge in [0, 0.05) is 16.3 Å². The zero-order valence-corrected chi connectivity index (χ0v) is 25.6. The van der Waals surface area contributed by atoms with Crippen LogP contribution < -0.4 is 0 Å². The first-order valence-electron chi connectivity index (χ1n) is 16.2. The maximum absolute atomic E-state index is 6.78. The molecule has 9 aromatic carbocycles. The molecule has 1 heteroatoms. The van der Waals surface area contributed by atoms with Crippen LogP contribution in [0.15, 0.2) is 174 Å². The van der Waals surface area contributed by atoms with Crippen molar-refractivity contribution in [1.82, 2.24) is 0 Å². The van der Waals surface area contributed by atoms with E-state index in [2.05, 4.69) is 170 Å². The minimum atomic E-state index is 0.902. The van der Waals surface area contributed by atoms with Gasteiger partial charge in [-0.15, -0.1) is 0 Å². The molecule has 218 valence electrons. The third-order valence-corrected chi connectivity index (χ3v) is 9.86. The highest BCUT2D eigenvalue weighted by atomic mass is 16.3. The van der Waals surface area contributed by atoms with Crippen LogP contribution in [0.5, 0.6) is 0 Å². The number of furan rings is 1. The van der Waals surface area contributed by atoms with E-state index in [0.29, 0.717) is 0 Å². The maximum Gasteiger partial charge on any atom is 0.143 e. The minimum Gasteiger partial charge on any atom is -0.455 e. The molecule has 0 fully saturated rings. The zero-order chi connectivity index (χ0) is 30.9. The van der Waals surface area contributed by atoms with Crippen molar-refractivity contribution < 1.29 is 4.42 Å². The monoisotopic (exact) mass is 596 g/mol. The molecule has 0 aliphatic rings. The lowest BCUT2D eigenvalue weighted by molar-refractivity contribution is 0.670. The van der Waals surface area contributed by atoms with Crippen LogP contribution in [0.1, 0.15) is 0 Å². The highest BCUT2D eigenvalue weighted by Gasteiger charge is 2.20. The summed E-state index contributed by atoms with van der Waals surface area (Å²) in [5.74, 6) is 0. The predicted octanol–water partition coefficient (Wildman–Crippen LogP) is 13.2. The van der Waals surface area contributed by atoms with Gasteiger partial charge in [0.15, 0.2) is 0 Å². The number of rotatable bonds is 4. The van der Waals surface area contributed by atoms with Gasteiger partial charge >= 0.3 is 0 Å². The SMILES string of the molecule is c1ccc(-c2ccccc2-c2cccc3c2oc2cccc(-c4ccc5ccc6c(-c7ccccc7)ccc7ccc4c5c76)c23)cc1. The summed E-state index contributed by atoms with van der Waals surface area (Å²) in [4.78, 5) is 0. The fraction of sp³-hybridized carbons (Fsp3) is 0. The van der Waals surface area contributed by atoms with Crippen LogP contribution >= 0.6 is 0 Å². The van der Waals surface area contributed by atoms with Gasteiger partial charge in [-0.3, -0.25) is 0 Å². The molecule has 10 aromatic rings. The summed E-state index contributed by atoms with van der Waals surface area (Å²) in [6.07, 6.45) is 0. The van der Waals surface area contributed by atoms with Gasteiger partial charge in [0.1, 0.15) is 11.2 Å². The number of para-hydroxylation sites is 1. The number of benzene rings is 9. The average molecular weight is 597 g/mol. The Morgan fingerprint density at radius 2 is 0.809 bits per heavy atom. The Bertz CT molecular complexity index is 2770. The highest BCUT2D eigenvalue weighted by molar-refractivity contribution is 6.29. The normalized spacial score (nSPS) is 11.8. The summed E-state index contributed by atoms with van der Waals surface area (Å²) in [5, 5.41) is 10.0. The van der Waals surface area contributed by atoms with Gasteiger partial charge in [-0.25, -0.2) is 0 Å². The van der Waals surface area contributed by atoms with Crippen molar-refractivity contribution in [2.45, 2.75) is 0 Å². The number of fused-ring (bicyclic) bond motifs is 3. The molecule has 10 rings (SSSR count). The van der Waals surface area contributed by atoms with Crippen LogP contribution in [-0.2, 0) is 0 Å². The van der Waals surface area contributed by atoms with Crippen LogP contribution in [0.25, 0.3) is 98.8 Å². The molecule has 0 amide bonds. The molecule has 0 atom stereocenters. The summed E-state index contributed by atoms with van der Waals surface area (Å²) in [6.45, 7) is 0. The third-order valence-electron chi connectivity index (χ3n) is 9.86. The van der Waals surface area contributed by atoms with Crippen molar-refractivity contribution in [2.75, 3.05) is 0 Å². The summed E-state index contributed by atoms with van der Waals surface area (Å²) in [5.41, 5.74) is 11.4. The van der Waals surface area contributed by atoms with E-state index in [1.807, 2.05) is 0 Å². The Kier molecular flexibility index (Phi) is 5.64. The van der Waals surface area contributed by atoms with E-state index in [9.17, 15) is 0 Å². The molecule has 1 aromatic heterocycles. The lowest BCUT2D eigenvalue weighted by atomic mass is 9.86. The second kappa shape index (κ2) is 10.2. The summed E-state index contributed by atoms with van der Waals surface area (Å²) >= 11 is 0. The third kappa shape index (κ3) is 3.90. The quantitative estimate of drug-likeness (QED) is 0.184. The number of hydrogen-bond acceptors (Lipinski definition) is 1. The second-order valence-corrected chi connectivity index (χ2v) is 12.4. The van der Waals surface area contributed by atoms with Crippen molar-refractivity contribution >= 4 is 54.3 Å². The van der Waals surface area contributed by atoms with E-state index in [1.54, 1.807) is 0 Å². The van der Waals surface area contributed by atoms with Crippen molar-refractivity contribution in [3.8, 4) is 44.5 Å². The topological polar surface area (TPSA) is 13.1 Å². The van der Waals surface area contributed by atoms with E-state index in [1.165, 1.54) is 71.3 Å². The fourth-order valence-corrected chi connectivity index (χ4v) is 7.78. The maximum atomic E-state index is 6.78. The largest absolute Gasteiger partial charge is 0.455 e. The first-order valence-corrected chi connectivity index (χ1v) is 16.2. The van der Waals surface area contributed by atoms with Gasteiger partial charge in [0.05, 0.1) is 0 Å². The first-order chi connectivity index (χ1) is 23.3. The van der Waals surface area contributed by atoms with Gasteiger partial charge in [-0.05, 0) is 77.3 Å². The molecule has 0 radical (unpaired) electrons. The molecule has 0 unspecified atom stereocenters. The van der Waals surface area contributed by atoms with Crippen molar-refractivity contribution in [1.29, 1.82) is 0 Å². The Morgan fingerprint density at radius 3 is 1.53 bits per heavy atom. The van der Waals surface area contributed by atoms with E-state index < -0.39 is 0 Å². The van der Waals surface area contributed by atoms with E-state index in [-0.39, 0.29) is 0 Å². The smallest absolute Gasteiger partial charge is 0.143 e. The van der Waals surface area contributed by atoms with E-state index >= 15 is 0 Å². The molecule has 0 saturated carbocycles. The minimum absolute atomic E-state index is 0.902. The standard InChI is InChI=1S/C46H28O/c1-3-11-29(12-4-1)33-15-7-8-16-35(33)40-18-9-19-41-45-37(17-10-20-42(45)47-46(40)41)36-26-22-32-23-27-38-34(30-13-5-2-6-14-30)25-21-31-24-28-39(36)44(32)43(31)38/h1-28H.